The zero-order chi connectivity index (χ0) is 24.2. The van der Waals surface area contributed by atoms with Crippen LogP contribution in [0.3, 0.4) is 0 Å². The Kier molecular flexibility index (Phi) is 6.40. The molecule has 4 aromatic rings. The predicted octanol–water partition coefficient (Wildman–Crippen LogP) is 3.59. The third-order valence-corrected chi connectivity index (χ3v) is 5.30. The van der Waals surface area contributed by atoms with Crippen LogP contribution in [0.4, 0.5) is 5.69 Å². The summed E-state index contributed by atoms with van der Waals surface area (Å²) in [7, 11) is 3.05. The van der Waals surface area contributed by atoms with E-state index in [1.54, 1.807) is 74.7 Å². The number of pyridine rings is 2. The summed E-state index contributed by atoms with van der Waals surface area (Å²) in [4.78, 5) is 43.7. The maximum absolute atomic E-state index is 13.2. The molecule has 0 spiro atoms. The summed E-state index contributed by atoms with van der Waals surface area (Å²) in [5.74, 6) is 0.298. The van der Waals surface area contributed by atoms with E-state index in [1.807, 2.05) is 0 Å². The van der Waals surface area contributed by atoms with E-state index in [0.717, 1.165) is 0 Å². The number of ether oxygens (including phenoxy) is 2. The standard InChI is InChI=1S/C26H23N3O5/c1-16-10-11-21-25(32)22(24(31)17-6-4-8-19(12-17)33-2)14-29(26(21)27-16)15-23(30)28-18-7-5-9-20(13-18)34-3/h4-14H,15H2,1-3H3,(H,28,30). The number of methoxy groups -OCH3 is 2. The van der Waals surface area contributed by atoms with Crippen molar-refractivity contribution in [2.75, 3.05) is 19.5 Å². The van der Waals surface area contributed by atoms with Gasteiger partial charge in [-0.05, 0) is 43.3 Å². The summed E-state index contributed by atoms with van der Waals surface area (Å²) in [5, 5.41) is 3.07. The summed E-state index contributed by atoms with van der Waals surface area (Å²) in [6.45, 7) is 1.64. The second-order valence-corrected chi connectivity index (χ2v) is 7.66. The van der Waals surface area contributed by atoms with E-state index in [0.29, 0.717) is 34.1 Å². The van der Waals surface area contributed by atoms with Gasteiger partial charge in [0.05, 0.1) is 25.2 Å². The number of rotatable bonds is 7. The van der Waals surface area contributed by atoms with Crippen LogP contribution in [-0.4, -0.2) is 35.5 Å². The molecule has 2 aromatic heterocycles. The smallest absolute Gasteiger partial charge is 0.244 e. The Balaban J connectivity index is 1.75. The topological polar surface area (TPSA) is 99.5 Å². The van der Waals surface area contributed by atoms with Crippen LogP contribution in [0.25, 0.3) is 11.0 Å². The monoisotopic (exact) mass is 457 g/mol. The fourth-order valence-electron chi connectivity index (χ4n) is 3.62. The fourth-order valence-corrected chi connectivity index (χ4v) is 3.62. The van der Waals surface area contributed by atoms with Crippen molar-refractivity contribution in [3.63, 3.8) is 0 Å². The van der Waals surface area contributed by atoms with Gasteiger partial charge in [-0.1, -0.05) is 18.2 Å². The SMILES string of the molecule is COc1cccc(NC(=O)Cn2cc(C(=O)c3cccc(OC)c3)c(=O)c3ccc(C)nc32)c1. The minimum atomic E-state index is -0.465. The second kappa shape index (κ2) is 9.58. The minimum absolute atomic E-state index is 0.0550. The Morgan fingerprint density at radius 2 is 1.68 bits per heavy atom. The Labute approximate surface area is 195 Å². The van der Waals surface area contributed by atoms with Crippen molar-refractivity contribution in [3.8, 4) is 11.5 Å². The van der Waals surface area contributed by atoms with Gasteiger partial charge in [0.25, 0.3) is 0 Å². The van der Waals surface area contributed by atoms with Gasteiger partial charge in [0, 0.05) is 29.2 Å². The van der Waals surface area contributed by atoms with Crippen molar-refractivity contribution in [1.29, 1.82) is 0 Å². The van der Waals surface area contributed by atoms with Crippen molar-refractivity contribution in [1.82, 2.24) is 9.55 Å². The van der Waals surface area contributed by atoms with Gasteiger partial charge >= 0.3 is 0 Å². The first-order valence-corrected chi connectivity index (χ1v) is 10.5. The quantitative estimate of drug-likeness (QED) is 0.426. The molecule has 0 aliphatic heterocycles. The van der Waals surface area contributed by atoms with E-state index >= 15 is 0 Å². The van der Waals surface area contributed by atoms with Gasteiger partial charge in [0.1, 0.15) is 23.7 Å². The molecule has 0 saturated heterocycles. The van der Waals surface area contributed by atoms with Crippen molar-refractivity contribution < 1.29 is 19.1 Å². The van der Waals surface area contributed by atoms with E-state index in [9.17, 15) is 14.4 Å². The van der Waals surface area contributed by atoms with Gasteiger partial charge in [0.15, 0.2) is 5.78 Å². The normalized spacial score (nSPS) is 10.7. The number of nitrogens with one attached hydrogen (secondary N) is 1. The van der Waals surface area contributed by atoms with Crippen molar-refractivity contribution in [2.24, 2.45) is 0 Å². The Morgan fingerprint density at radius 1 is 0.971 bits per heavy atom. The molecule has 0 aliphatic rings. The highest BCUT2D eigenvalue weighted by atomic mass is 16.5. The summed E-state index contributed by atoms with van der Waals surface area (Å²) >= 11 is 0. The van der Waals surface area contributed by atoms with Crippen LogP contribution in [0.1, 0.15) is 21.6 Å². The lowest BCUT2D eigenvalue weighted by atomic mass is 10.0. The Morgan fingerprint density at radius 3 is 2.41 bits per heavy atom. The molecule has 1 amide bonds. The number of aryl methyl sites for hydroxylation is 1. The number of nitrogens with zero attached hydrogens (tertiary/aromatic N) is 2. The molecular weight excluding hydrogens is 434 g/mol. The lowest BCUT2D eigenvalue weighted by Crippen LogP contribution is -2.25. The molecule has 0 radical (unpaired) electrons. The van der Waals surface area contributed by atoms with Crippen molar-refractivity contribution in [2.45, 2.75) is 13.5 Å². The molecule has 2 heterocycles. The van der Waals surface area contributed by atoms with Gasteiger partial charge in [-0.2, -0.15) is 0 Å². The molecule has 2 aromatic carbocycles. The summed E-state index contributed by atoms with van der Waals surface area (Å²) < 4.78 is 11.9. The van der Waals surface area contributed by atoms with Gasteiger partial charge < -0.3 is 19.4 Å². The number of benzene rings is 2. The van der Waals surface area contributed by atoms with E-state index in [-0.39, 0.29) is 23.4 Å². The maximum Gasteiger partial charge on any atom is 0.244 e. The molecule has 34 heavy (non-hydrogen) atoms. The van der Waals surface area contributed by atoms with E-state index in [1.165, 1.54) is 17.9 Å². The minimum Gasteiger partial charge on any atom is -0.497 e. The van der Waals surface area contributed by atoms with Crippen molar-refractivity contribution >= 4 is 28.4 Å². The number of aromatic nitrogens is 2. The maximum atomic E-state index is 13.2. The predicted molar refractivity (Wildman–Crippen MR) is 129 cm³/mol. The third kappa shape index (κ3) is 4.66. The lowest BCUT2D eigenvalue weighted by molar-refractivity contribution is -0.116. The highest BCUT2D eigenvalue weighted by Gasteiger charge is 2.19. The average Bonchev–Trinajstić information content (AvgIpc) is 2.85. The molecule has 0 bridgehead atoms. The molecule has 8 nitrogen and oxygen atoms in total. The molecule has 172 valence electrons. The molecule has 0 saturated carbocycles. The van der Waals surface area contributed by atoms with Crippen LogP contribution >= 0.6 is 0 Å². The van der Waals surface area contributed by atoms with Crippen LogP contribution in [0.15, 0.2) is 71.7 Å². The number of carbonyl (C=O) groups is 2. The zero-order valence-corrected chi connectivity index (χ0v) is 19.0. The average molecular weight is 457 g/mol. The van der Waals surface area contributed by atoms with Crippen LogP contribution in [-0.2, 0) is 11.3 Å². The van der Waals surface area contributed by atoms with Gasteiger partial charge in [-0.15, -0.1) is 0 Å². The van der Waals surface area contributed by atoms with Crippen LogP contribution < -0.4 is 20.2 Å². The molecule has 0 atom stereocenters. The Hall–Kier alpha value is -4.46. The number of amides is 1. The highest BCUT2D eigenvalue weighted by molar-refractivity contribution is 6.10. The van der Waals surface area contributed by atoms with Gasteiger partial charge in [0.2, 0.25) is 11.3 Å². The molecular formula is C26H23N3O5. The molecule has 0 aliphatic carbocycles. The first-order chi connectivity index (χ1) is 16.4. The van der Waals surface area contributed by atoms with Crippen LogP contribution in [0, 0.1) is 6.92 Å². The lowest BCUT2D eigenvalue weighted by Gasteiger charge is -2.14. The molecule has 0 fully saturated rings. The largest absolute Gasteiger partial charge is 0.497 e. The number of carbonyl (C=O) groups excluding carboxylic acids is 2. The molecule has 8 heteroatoms. The van der Waals surface area contributed by atoms with E-state index in [4.69, 9.17) is 9.47 Å². The Bertz CT molecular complexity index is 1460. The molecule has 1 N–H and O–H groups in total. The summed E-state index contributed by atoms with van der Waals surface area (Å²) in [5.41, 5.74) is 1.38. The number of fused-ring (bicyclic) bond motifs is 1. The van der Waals surface area contributed by atoms with Crippen LogP contribution in [0.2, 0.25) is 0 Å². The van der Waals surface area contributed by atoms with E-state index < -0.39 is 11.2 Å². The second-order valence-electron chi connectivity index (χ2n) is 7.66. The van der Waals surface area contributed by atoms with Gasteiger partial charge in [-0.3, -0.25) is 14.4 Å². The summed E-state index contributed by atoms with van der Waals surface area (Å²) in [6, 6.07) is 16.9. The van der Waals surface area contributed by atoms with Crippen LogP contribution in [0.5, 0.6) is 11.5 Å². The first kappa shape index (κ1) is 22.7. The summed E-state index contributed by atoms with van der Waals surface area (Å²) in [6.07, 6.45) is 1.39. The fraction of sp³-hybridized carbons (Fsp3) is 0.154. The number of hydrogen-bond acceptors (Lipinski definition) is 6. The number of ketones is 1. The first-order valence-electron chi connectivity index (χ1n) is 10.5. The number of anilines is 1. The highest BCUT2D eigenvalue weighted by Crippen LogP contribution is 2.19. The number of hydrogen-bond donors (Lipinski definition) is 1. The zero-order valence-electron chi connectivity index (χ0n) is 19.0. The van der Waals surface area contributed by atoms with Gasteiger partial charge in [-0.25, -0.2) is 4.98 Å². The van der Waals surface area contributed by atoms with Crippen molar-refractivity contribution in [3.05, 3.63) is 93.9 Å². The molecule has 0 unspecified atom stereocenters. The molecule has 4 rings (SSSR count). The van der Waals surface area contributed by atoms with E-state index in [2.05, 4.69) is 10.3 Å². The third-order valence-electron chi connectivity index (χ3n) is 5.30.